The fraction of sp³-hybridized carbons (Fsp3) is 1.00. The number of quaternary nitrogens is 1. The average Bonchev–Trinajstić information content (AvgIpc) is 1.90. The third-order valence-corrected chi connectivity index (χ3v) is 0.933. The van der Waals surface area contributed by atoms with Crippen LogP contribution in [0.25, 0.3) is 0 Å². The molecule has 1 fully saturated rings. The van der Waals surface area contributed by atoms with E-state index in [1.54, 1.807) is 0 Å². The summed E-state index contributed by atoms with van der Waals surface area (Å²) in [6.45, 7) is 4.19. The second-order valence-corrected chi connectivity index (χ2v) is 1.70. The molecule has 10 heavy (non-hydrogen) atoms. The predicted molar refractivity (Wildman–Crippen MR) is 32.8 cm³/mol. The van der Waals surface area contributed by atoms with Crippen LogP contribution in [0.4, 0.5) is 0 Å². The van der Waals surface area contributed by atoms with Crippen LogP contribution in [0, 0.1) is 15.3 Å². The van der Waals surface area contributed by atoms with E-state index in [9.17, 15) is 0 Å². The summed E-state index contributed by atoms with van der Waals surface area (Å²) in [5, 5.41) is 17.0. The van der Waals surface area contributed by atoms with Gasteiger partial charge in [0.1, 0.15) is 0 Å². The molecule has 0 spiro atoms. The Balaban J connectivity index is 0.000000180. The van der Waals surface area contributed by atoms with Gasteiger partial charge in [-0.15, -0.1) is 0 Å². The summed E-state index contributed by atoms with van der Waals surface area (Å²) in [6, 6.07) is 0. The van der Waals surface area contributed by atoms with Gasteiger partial charge in [-0.2, -0.15) is 0 Å². The molecule has 1 aliphatic rings. The molecule has 6 nitrogen and oxygen atoms in total. The minimum Gasteiger partial charge on any atom is -0.370 e. The van der Waals surface area contributed by atoms with Gasteiger partial charge in [0.15, 0.2) is 0 Å². The van der Waals surface area contributed by atoms with Gasteiger partial charge in [0, 0.05) is 0 Å². The minimum absolute atomic E-state index is 0.944. The Morgan fingerprint density at radius 1 is 1.30 bits per heavy atom. The Morgan fingerprint density at radius 2 is 1.70 bits per heavy atom. The molecule has 0 atom stereocenters. The van der Waals surface area contributed by atoms with Crippen LogP contribution in [-0.2, 0) is 4.74 Å². The molecule has 1 rings (SSSR count). The standard InChI is InChI=1S/C4H9NO.NO3/c1-3-6-4-2-5-1;2-1(3)4/h5H,1-4H2;/q;-1/p+1. The van der Waals surface area contributed by atoms with Crippen molar-refractivity contribution in [2.24, 2.45) is 0 Å². The highest BCUT2D eigenvalue weighted by Crippen LogP contribution is 1.69. The zero-order valence-electron chi connectivity index (χ0n) is 5.49. The second-order valence-electron chi connectivity index (χ2n) is 1.70. The highest BCUT2D eigenvalue weighted by Gasteiger charge is 1.96. The van der Waals surface area contributed by atoms with Crippen molar-refractivity contribution in [1.82, 2.24) is 0 Å². The maximum absolute atomic E-state index is 8.25. The first-order chi connectivity index (χ1) is 4.73. The van der Waals surface area contributed by atoms with E-state index < -0.39 is 5.09 Å². The number of hydrogen-bond acceptors (Lipinski definition) is 4. The van der Waals surface area contributed by atoms with Crippen LogP contribution >= 0.6 is 0 Å². The minimum atomic E-state index is -1.75. The van der Waals surface area contributed by atoms with Crippen molar-refractivity contribution in [2.45, 2.75) is 0 Å². The fourth-order valence-electron chi connectivity index (χ4n) is 0.580. The van der Waals surface area contributed by atoms with Crippen LogP contribution in [0.3, 0.4) is 0 Å². The van der Waals surface area contributed by atoms with Gasteiger partial charge < -0.3 is 25.4 Å². The molecule has 1 heterocycles. The lowest BCUT2D eigenvalue weighted by atomic mass is 10.5. The molecule has 0 saturated carbocycles. The highest BCUT2D eigenvalue weighted by atomic mass is 16.9. The Kier molecular flexibility index (Phi) is 5.69. The van der Waals surface area contributed by atoms with Gasteiger partial charge in [0.2, 0.25) is 0 Å². The van der Waals surface area contributed by atoms with Crippen molar-refractivity contribution >= 4 is 0 Å². The zero-order chi connectivity index (χ0) is 7.82. The fourth-order valence-corrected chi connectivity index (χ4v) is 0.580. The molecule has 1 saturated heterocycles. The summed E-state index contributed by atoms with van der Waals surface area (Å²) in [5.41, 5.74) is 0. The third kappa shape index (κ3) is 10.2. The summed E-state index contributed by atoms with van der Waals surface area (Å²) >= 11 is 0. The number of morpholine rings is 1. The van der Waals surface area contributed by atoms with E-state index in [1.165, 1.54) is 0 Å². The van der Waals surface area contributed by atoms with Crippen LogP contribution in [-0.4, -0.2) is 31.4 Å². The Morgan fingerprint density at radius 3 is 1.80 bits per heavy atom. The lowest BCUT2D eigenvalue weighted by Crippen LogP contribution is -2.87. The molecule has 0 aliphatic carbocycles. The first-order valence-electron chi connectivity index (χ1n) is 2.94. The van der Waals surface area contributed by atoms with Crippen molar-refractivity contribution in [1.29, 1.82) is 0 Å². The maximum atomic E-state index is 8.25. The molecule has 0 aromatic rings. The normalized spacial score (nSPS) is 16.8. The highest BCUT2D eigenvalue weighted by molar-refractivity contribution is 4.30. The summed E-state index contributed by atoms with van der Waals surface area (Å²) in [5.74, 6) is 0. The second kappa shape index (κ2) is 6.24. The van der Waals surface area contributed by atoms with Crippen LogP contribution < -0.4 is 5.32 Å². The van der Waals surface area contributed by atoms with E-state index in [1.807, 2.05) is 0 Å². The molecule has 0 radical (unpaired) electrons. The summed E-state index contributed by atoms with van der Waals surface area (Å²) in [4.78, 5) is 8.25. The Hall–Kier alpha value is -0.880. The van der Waals surface area contributed by atoms with Gasteiger partial charge in [0.25, 0.3) is 0 Å². The Labute approximate surface area is 57.9 Å². The van der Waals surface area contributed by atoms with Gasteiger partial charge in [-0.05, 0) is 0 Å². The molecule has 1 aliphatic heterocycles. The molecule has 0 bridgehead atoms. The number of nitrogens with zero attached hydrogens (tertiary/aromatic N) is 1. The van der Waals surface area contributed by atoms with Crippen LogP contribution in [0.2, 0.25) is 0 Å². The average molecular weight is 150 g/mol. The largest absolute Gasteiger partial charge is 0.370 e. The first kappa shape index (κ1) is 9.12. The number of nitrogens with two attached hydrogens (primary N) is 1. The van der Waals surface area contributed by atoms with E-state index in [4.69, 9.17) is 20.1 Å². The first-order valence-corrected chi connectivity index (χ1v) is 2.94. The molecule has 0 aromatic carbocycles. The predicted octanol–water partition coefficient (Wildman–Crippen LogP) is -1.66. The molecule has 0 amide bonds. The topological polar surface area (TPSA) is 92.0 Å². The molecule has 60 valence electrons. The maximum Gasteiger partial charge on any atom is 0.0993 e. The monoisotopic (exact) mass is 150 g/mol. The smallest absolute Gasteiger partial charge is 0.0993 e. The lowest BCUT2D eigenvalue weighted by Gasteiger charge is -2.07. The molecule has 0 aromatic heterocycles. The van der Waals surface area contributed by atoms with Gasteiger partial charge in [-0.25, -0.2) is 0 Å². The van der Waals surface area contributed by atoms with Gasteiger partial charge in [-0.3, -0.25) is 0 Å². The van der Waals surface area contributed by atoms with Crippen molar-refractivity contribution in [3.05, 3.63) is 15.3 Å². The zero-order valence-corrected chi connectivity index (χ0v) is 5.49. The molecule has 0 unspecified atom stereocenters. The molecular formula is C4H10N2O4. The van der Waals surface area contributed by atoms with Crippen molar-refractivity contribution in [2.75, 3.05) is 26.3 Å². The van der Waals surface area contributed by atoms with Crippen molar-refractivity contribution < 1.29 is 15.1 Å². The van der Waals surface area contributed by atoms with Gasteiger partial charge >= 0.3 is 0 Å². The number of rotatable bonds is 0. The quantitative estimate of drug-likeness (QED) is 0.330. The number of ether oxygens (including phenoxy) is 1. The molecule has 6 heteroatoms. The van der Waals surface area contributed by atoms with Crippen molar-refractivity contribution in [3.63, 3.8) is 0 Å². The van der Waals surface area contributed by atoms with Gasteiger partial charge in [-0.1, -0.05) is 0 Å². The summed E-state index contributed by atoms with van der Waals surface area (Å²) in [6.07, 6.45) is 0. The summed E-state index contributed by atoms with van der Waals surface area (Å²) < 4.78 is 5.04. The van der Waals surface area contributed by atoms with E-state index in [-0.39, 0.29) is 0 Å². The lowest BCUT2D eigenvalue weighted by molar-refractivity contribution is -0.670. The van der Waals surface area contributed by atoms with E-state index in [0.29, 0.717) is 0 Å². The van der Waals surface area contributed by atoms with Crippen LogP contribution in [0.5, 0.6) is 0 Å². The molecular weight excluding hydrogens is 140 g/mol. The molecule has 2 N–H and O–H groups in total. The van der Waals surface area contributed by atoms with E-state index in [0.717, 1.165) is 26.3 Å². The van der Waals surface area contributed by atoms with Crippen LogP contribution in [0.15, 0.2) is 0 Å². The Bertz CT molecular complexity index is 77.7. The number of hydrogen-bond donors (Lipinski definition) is 1. The third-order valence-electron chi connectivity index (χ3n) is 0.933. The SMILES string of the molecule is C1COCC[NH2+]1.O=[N+]([O-])[O-]. The van der Waals surface area contributed by atoms with Crippen LogP contribution in [0.1, 0.15) is 0 Å². The van der Waals surface area contributed by atoms with Crippen molar-refractivity contribution in [3.8, 4) is 0 Å². The summed E-state index contributed by atoms with van der Waals surface area (Å²) in [7, 11) is 0. The van der Waals surface area contributed by atoms with E-state index in [2.05, 4.69) is 5.32 Å². The van der Waals surface area contributed by atoms with E-state index >= 15 is 0 Å². The van der Waals surface area contributed by atoms with Gasteiger partial charge in [0.05, 0.1) is 31.4 Å².